The molecule has 1 fully saturated rings. The molecule has 1 aliphatic rings. The topological polar surface area (TPSA) is 37.4 Å². The van der Waals surface area contributed by atoms with Crippen molar-refractivity contribution in [2.24, 2.45) is 5.92 Å². The van der Waals surface area contributed by atoms with Crippen LogP contribution in [0, 0.1) is 5.92 Å². The van der Waals surface area contributed by atoms with Crippen molar-refractivity contribution in [3.63, 3.8) is 0 Å². The number of likely N-dealkylation sites (tertiary alicyclic amines) is 1. The third-order valence-corrected chi connectivity index (χ3v) is 2.68. The minimum Gasteiger partial charge on any atom is -0.330 e. The first-order valence-electron chi connectivity index (χ1n) is 4.72. The van der Waals surface area contributed by atoms with Crippen LogP contribution in [0.3, 0.4) is 0 Å². The highest BCUT2D eigenvalue weighted by atomic mass is 16.2. The maximum atomic E-state index is 11.7. The van der Waals surface area contributed by atoms with Crippen LogP contribution >= 0.6 is 0 Å². The molecule has 0 aliphatic carbocycles. The van der Waals surface area contributed by atoms with Gasteiger partial charge in [-0.3, -0.25) is 9.59 Å². The van der Waals surface area contributed by atoms with Crippen LogP contribution < -0.4 is 0 Å². The van der Waals surface area contributed by atoms with E-state index in [4.69, 9.17) is 0 Å². The lowest BCUT2D eigenvalue weighted by atomic mass is 9.99. The molecule has 1 amide bonds. The SMILES string of the molecule is CC(C)C(=O)N1CCC(=O)C1(C)C. The Balaban J connectivity index is 2.84. The number of amides is 1. The number of carbonyl (C=O) groups is 2. The summed E-state index contributed by atoms with van der Waals surface area (Å²) in [5.41, 5.74) is -0.582. The van der Waals surface area contributed by atoms with Gasteiger partial charge in [0.05, 0.1) is 5.54 Å². The molecule has 0 atom stereocenters. The van der Waals surface area contributed by atoms with Gasteiger partial charge in [0.1, 0.15) is 0 Å². The molecule has 13 heavy (non-hydrogen) atoms. The molecule has 1 aliphatic heterocycles. The number of hydrogen-bond acceptors (Lipinski definition) is 2. The molecular weight excluding hydrogens is 166 g/mol. The van der Waals surface area contributed by atoms with Crippen LogP contribution in [0.15, 0.2) is 0 Å². The number of carbonyl (C=O) groups excluding carboxylic acids is 2. The lowest BCUT2D eigenvalue weighted by Gasteiger charge is -2.31. The Morgan fingerprint density at radius 1 is 1.46 bits per heavy atom. The van der Waals surface area contributed by atoms with E-state index in [-0.39, 0.29) is 17.6 Å². The zero-order chi connectivity index (χ0) is 10.2. The average molecular weight is 183 g/mol. The van der Waals surface area contributed by atoms with Gasteiger partial charge in [0.15, 0.2) is 5.78 Å². The lowest BCUT2D eigenvalue weighted by molar-refractivity contribution is -0.141. The third kappa shape index (κ3) is 1.60. The Hall–Kier alpha value is -0.860. The van der Waals surface area contributed by atoms with E-state index in [2.05, 4.69) is 0 Å². The molecular formula is C10H17NO2. The van der Waals surface area contributed by atoms with Crippen molar-refractivity contribution >= 4 is 11.7 Å². The Bertz CT molecular complexity index is 243. The van der Waals surface area contributed by atoms with Gasteiger partial charge in [0.2, 0.25) is 5.91 Å². The van der Waals surface area contributed by atoms with Crippen molar-refractivity contribution < 1.29 is 9.59 Å². The van der Waals surface area contributed by atoms with E-state index in [0.29, 0.717) is 13.0 Å². The second-order valence-electron chi connectivity index (χ2n) is 4.38. The van der Waals surface area contributed by atoms with Crippen LogP contribution in [0.5, 0.6) is 0 Å². The molecule has 0 aromatic carbocycles. The van der Waals surface area contributed by atoms with E-state index in [1.54, 1.807) is 4.90 Å². The minimum absolute atomic E-state index is 0.0230. The number of hydrogen-bond donors (Lipinski definition) is 0. The van der Waals surface area contributed by atoms with Crippen molar-refractivity contribution in [2.75, 3.05) is 6.54 Å². The maximum absolute atomic E-state index is 11.7. The zero-order valence-electron chi connectivity index (χ0n) is 8.76. The van der Waals surface area contributed by atoms with Crippen molar-refractivity contribution in [3.05, 3.63) is 0 Å². The summed E-state index contributed by atoms with van der Waals surface area (Å²) in [6, 6.07) is 0. The molecule has 0 N–H and O–H groups in total. The standard InChI is InChI=1S/C10H17NO2/c1-7(2)9(13)11-6-5-8(12)10(11,3)4/h7H,5-6H2,1-4H3. The first-order chi connectivity index (χ1) is 5.87. The van der Waals surface area contributed by atoms with Gasteiger partial charge in [-0.05, 0) is 13.8 Å². The minimum atomic E-state index is -0.582. The van der Waals surface area contributed by atoms with Crippen LogP contribution in [0.4, 0.5) is 0 Å². The fraction of sp³-hybridized carbons (Fsp3) is 0.800. The summed E-state index contributed by atoms with van der Waals surface area (Å²) in [6.45, 7) is 7.95. The molecule has 1 heterocycles. The Labute approximate surface area is 79.1 Å². The second-order valence-corrected chi connectivity index (χ2v) is 4.38. The quantitative estimate of drug-likeness (QED) is 0.613. The van der Waals surface area contributed by atoms with Crippen molar-refractivity contribution in [2.45, 2.75) is 39.7 Å². The van der Waals surface area contributed by atoms with Crippen molar-refractivity contribution in [1.29, 1.82) is 0 Å². The molecule has 3 nitrogen and oxygen atoms in total. The third-order valence-electron chi connectivity index (χ3n) is 2.68. The number of nitrogens with zero attached hydrogens (tertiary/aromatic N) is 1. The highest BCUT2D eigenvalue weighted by molar-refractivity contribution is 5.95. The number of ketones is 1. The Kier molecular flexibility index (Phi) is 2.46. The van der Waals surface area contributed by atoms with Crippen LogP contribution in [0.1, 0.15) is 34.1 Å². The Morgan fingerprint density at radius 2 is 2.00 bits per heavy atom. The summed E-state index contributed by atoms with van der Waals surface area (Å²) in [5.74, 6) is 0.225. The molecule has 0 spiro atoms. The van der Waals surface area contributed by atoms with Crippen LogP contribution in [-0.4, -0.2) is 28.7 Å². The molecule has 0 bridgehead atoms. The van der Waals surface area contributed by atoms with Gasteiger partial charge in [0.25, 0.3) is 0 Å². The zero-order valence-corrected chi connectivity index (χ0v) is 8.76. The molecule has 0 saturated carbocycles. The second kappa shape index (κ2) is 3.13. The Morgan fingerprint density at radius 3 is 2.31 bits per heavy atom. The molecule has 0 aromatic heterocycles. The number of rotatable bonds is 1. The van der Waals surface area contributed by atoms with E-state index in [9.17, 15) is 9.59 Å². The highest BCUT2D eigenvalue weighted by Crippen LogP contribution is 2.26. The predicted molar refractivity (Wildman–Crippen MR) is 50.3 cm³/mol. The summed E-state index contributed by atoms with van der Waals surface area (Å²) in [4.78, 5) is 24.8. The van der Waals surface area contributed by atoms with Crippen LogP contribution in [0.2, 0.25) is 0 Å². The van der Waals surface area contributed by atoms with E-state index < -0.39 is 5.54 Å². The largest absolute Gasteiger partial charge is 0.330 e. The lowest BCUT2D eigenvalue weighted by Crippen LogP contribution is -2.47. The summed E-state index contributed by atoms with van der Waals surface area (Å²) in [6.07, 6.45) is 0.505. The first kappa shape index (κ1) is 10.2. The summed E-state index contributed by atoms with van der Waals surface area (Å²) in [5, 5.41) is 0. The van der Waals surface area contributed by atoms with Gasteiger partial charge >= 0.3 is 0 Å². The fourth-order valence-corrected chi connectivity index (χ4v) is 1.65. The van der Waals surface area contributed by atoms with Gasteiger partial charge in [-0.2, -0.15) is 0 Å². The van der Waals surface area contributed by atoms with Crippen LogP contribution in [0.25, 0.3) is 0 Å². The molecule has 1 rings (SSSR count). The first-order valence-corrected chi connectivity index (χ1v) is 4.72. The van der Waals surface area contributed by atoms with Gasteiger partial charge in [-0.15, -0.1) is 0 Å². The number of Topliss-reactive ketones (excluding diaryl/α,β-unsaturated/α-hetero) is 1. The monoisotopic (exact) mass is 183 g/mol. The highest BCUT2D eigenvalue weighted by Gasteiger charge is 2.42. The average Bonchev–Trinajstić information content (AvgIpc) is 2.26. The smallest absolute Gasteiger partial charge is 0.225 e. The fourth-order valence-electron chi connectivity index (χ4n) is 1.65. The molecule has 0 radical (unpaired) electrons. The molecule has 1 saturated heterocycles. The predicted octanol–water partition coefficient (Wildman–Crippen LogP) is 1.22. The van der Waals surface area contributed by atoms with Crippen LogP contribution in [-0.2, 0) is 9.59 Å². The van der Waals surface area contributed by atoms with E-state index >= 15 is 0 Å². The van der Waals surface area contributed by atoms with Gasteiger partial charge in [0, 0.05) is 18.9 Å². The normalized spacial score (nSPS) is 21.3. The van der Waals surface area contributed by atoms with E-state index in [1.165, 1.54) is 0 Å². The van der Waals surface area contributed by atoms with E-state index in [1.807, 2.05) is 27.7 Å². The van der Waals surface area contributed by atoms with Gasteiger partial charge in [-0.25, -0.2) is 0 Å². The molecule has 3 heteroatoms. The molecule has 0 unspecified atom stereocenters. The van der Waals surface area contributed by atoms with Crippen molar-refractivity contribution in [3.8, 4) is 0 Å². The van der Waals surface area contributed by atoms with Gasteiger partial charge < -0.3 is 4.90 Å². The van der Waals surface area contributed by atoms with Gasteiger partial charge in [-0.1, -0.05) is 13.8 Å². The summed E-state index contributed by atoms with van der Waals surface area (Å²) in [7, 11) is 0. The maximum Gasteiger partial charge on any atom is 0.225 e. The molecule has 0 aromatic rings. The molecule has 74 valence electrons. The van der Waals surface area contributed by atoms with E-state index in [0.717, 1.165) is 0 Å². The summed E-state index contributed by atoms with van der Waals surface area (Å²) < 4.78 is 0. The summed E-state index contributed by atoms with van der Waals surface area (Å²) >= 11 is 0. The van der Waals surface area contributed by atoms with Crippen molar-refractivity contribution in [1.82, 2.24) is 4.90 Å².